The number of aromatic nitrogens is 1. The second kappa shape index (κ2) is 4.61. The van der Waals surface area contributed by atoms with Gasteiger partial charge in [-0.2, -0.15) is 0 Å². The van der Waals surface area contributed by atoms with Crippen molar-refractivity contribution in [2.45, 2.75) is 6.61 Å². The van der Waals surface area contributed by atoms with Crippen molar-refractivity contribution in [1.82, 2.24) is 4.98 Å². The van der Waals surface area contributed by atoms with Crippen molar-refractivity contribution in [3.05, 3.63) is 54.1 Å². The molecule has 1 heterocycles. The minimum Gasteiger partial charge on any atom is -0.486 e. The van der Waals surface area contributed by atoms with E-state index in [0.29, 0.717) is 12.3 Å². The first-order valence-electron chi connectivity index (χ1n) is 4.82. The number of ether oxygens (including phenoxy) is 1. The Labute approximate surface area is 92.7 Å². The van der Waals surface area contributed by atoms with Gasteiger partial charge in [-0.15, -0.1) is 0 Å². The number of hydrogen-bond donors (Lipinski definition) is 1. The zero-order valence-corrected chi connectivity index (χ0v) is 8.56. The third kappa shape index (κ3) is 2.48. The molecular weight excluding hydrogens is 207 g/mol. The van der Waals surface area contributed by atoms with Crippen molar-refractivity contribution in [2.24, 2.45) is 0 Å². The van der Waals surface area contributed by atoms with Crippen LogP contribution in [0, 0.1) is 5.82 Å². The predicted octanol–water partition coefficient (Wildman–Crippen LogP) is 2.38. The third-order valence-electron chi connectivity index (χ3n) is 2.10. The monoisotopic (exact) mass is 218 g/mol. The smallest absolute Gasteiger partial charge is 0.167 e. The van der Waals surface area contributed by atoms with Crippen LogP contribution in [-0.2, 0) is 6.61 Å². The molecule has 0 bridgehead atoms. The van der Waals surface area contributed by atoms with E-state index in [4.69, 9.17) is 10.5 Å². The van der Waals surface area contributed by atoms with Gasteiger partial charge in [0.05, 0.1) is 0 Å². The molecule has 0 atom stereocenters. The summed E-state index contributed by atoms with van der Waals surface area (Å²) >= 11 is 0. The summed E-state index contributed by atoms with van der Waals surface area (Å²) < 4.78 is 18.7. The Morgan fingerprint density at radius 2 is 1.94 bits per heavy atom. The Kier molecular flexibility index (Phi) is 3.00. The number of nitrogens with zero attached hydrogens (tertiary/aromatic N) is 1. The maximum atomic E-state index is 13.3. The quantitative estimate of drug-likeness (QED) is 0.804. The van der Waals surface area contributed by atoms with E-state index in [1.165, 1.54) is 12.1 Å². The molecule has 2 N–H and O–H groups in total. The van der Waals surface area contributed by atoms with Gasteiger partial charge >= 0.3 is 0 Å². The summed E-state index contributed by atoms with van der Waals surface area (Å²) in [6.07, 6.45) is 3.33. The van der Waals surface area contributed by atoms with Crippen LogP contribution in [0.3, 0.4) is 0 Å². The largest absolute Gasteiger partial charge is 0.486 e. The van der Waals surface area contributed by atoms with Gasteiger partial charge < -0.3 is 10.5 Å². The lowest BCUT2D eigenvalue weighted by molar-refractivity contribution is 0.290. The first-order chi connectivity index (χ1) is 7.75. The highest BCUT2D eigenvalue weighted by molar-refractivity contribution is 5.42. The number of halogens is 1. The van der Waals surface area contributed by atoms with Crippen molar-refractivity contribution in [3.8, 4) is 5.75 Å². The van der Waals surface area contributed by atoms with Gasteiger partial charge in [0.1, 0.15) is 6.61 Å². The molecule has 16 heavy (non-hydrogen) atoms. The highest BCUT2D eigenvalue weighted by Crippen LogP contribution is 2.20. The van der Waals surface area contributed by atoms with Crippen molar-refractivity contribution >= 4 is 5.69 Å². The average Bonchev–Trinajstić information content (AvgIpc) is 2.29. The number of anilines is 1. The van der Waals surface area contributed by atoms with E-state index in [9.17, 15) is 4.39 Å². The topological polar surface area (TPSA) is 48.1 Å². The van der Waals surface area contributed by atoms with Crippen LogP contribution in [0.2, 0.25) is 0 Å². The first kappa shape index (κ1) is 10.4. The lowest BCUT2D eigenvalue weighted by Gasteiger charge is -2.07. The Balaban J connectivity index is 2.05. The van der Waals surface area contributed by atoms with Crippen molar-refractivity contribution in [2.75, 3.05) is 5.73 Å². The lowest BCUT2D eigenvalue weighted by Crippen LogP contribution is -1.98. The first-order valence-corrected chi connectivity index (χ1v) is 4.82. The second-order valence-corrected chi connectivity index (χ2v) is 3.33. The minimum absolute atomic E-state index is 0.200. The van der Waals surface area contributed by atoms with E-state index in [1.54, 1.807) is 18.5 Å². The Morgan fingerprint density at radius 3 is 2.62 bits per heavy atom. The molecule has 82 valence electrons. The molecule has 0 spiro atoms. The summed E-state index contributed by atoms with van der Waals surface area (Å²) in [5.41, 5.74) is 6.75. The maximum Gasteiger partial charge on any atom is 0.167 e. The molecule has 0 aliphatic rings. The maximum absolute atomic E-state index is 13.3. The summed E-state index contributed by atoms with van der Waals surface area (Å²) in [5, 5.41) is 0. The predicted molar refractivity (Wildman–Crippen MR) is 59.4 cm³/mol. The van der Waals surface area contributed by atoms with Crippen LogP contribution in [-0.4, -0.2) is 4.98 Å². The normalized spacial score (nSPS) is 10.1. The fourth-order valence-corrected chi connectivity index (χ4v) is 1.27. The second-order valence-electron chi connectivity index (χ2n) is 3.33. The van der Waals surface area contributed by atoms with Crippen LogP contribution < -0.4 is 10.5 Å². The number of rotatable bonds is 3. The lowest BCUT2D eigenvalue weighted by atomic mass is 10.3. The van der Waals surface area contributed by atoms with Crippen molar-refractivity contribution in [3.63, 3.8) is 0 Å². The van der Waals surface area contributed by atoms with Crippen LogP contribution >= 0.6 is 0 Å². The zero-order valence-electron chi connectivity index (χ0n) is 8.56. The van der Waals surface area contributed by atoms with Crippen LogP contribution in [0.25, 0.3) is 0 Å². The van der Waals surface area contributed by atoms with Gasteiger partial charge in [-0.05, 0) is 29.8 Å². The van der Waals surface area contributed by atoms with E-state index < -0.39 is 5.82 Å². The minimum atomic E-state index is -0.450. The molecule has 0 unspecified atom stereocenters. The van der Waals surface area contributed by atoms with Crippen LogP contribution in [0.5, 0.6) is 5.75 Å². The van der Waals surface area contributed by atoms with Crippen LogP contribution in [0.15, 0.2) is 42.7 Å². The summed E-state index contributed by atoms with van der Waals surface area (Å²) in [5.74, 6) is -0.250. The molecule has 1 aromatic carbocycles. The Morgan fingerprint density at radius 1 is 1.19 bits per heavy atom. The molecule has 0 aliphatic carbocycles. The molecule has 0 fully saturated rings. The van der Waals surface area contributed by atoms with E-state index in [2.05, 4.69) is 4.98 Å². The van der Waals surface area contributed by atoms with Gasteiger partial charge in [0.15, 0.2) is 11.6 Å². The van der Waals surface area contributed by atoms with E-state index in [-0.39, 0.29) is 5.75 Å². The highest BCUT2D eigenvalue weighted by Gasteiger charge is 2.03. The molecule has 0 aliphatic heterocycles. The molecule has 2 rings (SSSR count). The standard InChI is InChI=1S/C12H11FN2O/c13-11-7-10(14)1-2-12(11)16-8-9-3-5-15-6-4-9/h1-7H,8,14H2. The molecule has 0 saturated heterocycles. The van der Waals surface area contributed by atoms with Gasteiger partial charge in [0.2, 0.25) is 0 Å². The van der Waals surface area contributed by atoms with Crippen LogP contribution in [0.4, 0.5) is 10.1 Å². The number of pyridine rings is 1. The van der Waals surface area contributed by atoms with Gasteiger partial charge in [-0.1, -0.05) is 0 Å². The summed E-state index contributed by atoms with van der Waals surface area (Å²) in [7, 11) is 0. The van der Waals surface area contributed by atoms with Gasteiger partial charge in [0, 0.05) is 24.1 Å². The number of benzene rings is 1. The molecule has 4 heteroatoms. The number of hydrogen-bond acceptors (Lipinski definition) is 3. The van der Waals surface area contributed by atoms with Gasteiger partial charge in [0.25, 0.3) is 0 Å². The molecule has 0 saturated carbocycles. The molecule has 0 amide bonds. The van der Waals surface area contributed by atoms with Gasteiger partial charge in [-0.3, -0.25) is 4.98 Å². The van der Waals surface area contributed by atoms with Crippen molar-refractivity contribution in [1.29, 1.82) is 0 Å². The Bertz CT molecular complexity index is 474. The van der Waals surface area contributed by atoms with E-state index >= 15 is 0 Å². The summed E-state index contributed by atoms with van der Waals surface area (Å²) in [6.45, 7) is 0.309. The van der Waals surface area contributed by atoms with E-state index in [0.717, 1.165) is 5.56 Å². The average molecular weight is 218 g/mol. The Hall–Kier alpha value is -2.10. The number of nitrogens with two attached hydrogens (primary N) is 1. The van der Waals surface area contributed by atoms with Gasteiger partial charge in [-0.25, -0.2) is 4.39 Å². The number of nitrogen functional groups attached to an aromatic ring is 1. The van der Waals surface area contributed by atoms with Crippen molar-refractivity contribution < 1.29 is 9.13 Å². The molecule has 3 nitrogen and oxygen atoms in total. The van der Waals surface area contributed by atoms with Crippen LogP contribution in [0.1, 0.15) is 5.56 Å². The zero-order chi connectivity index (χ0) is 11.4. The molecule has 0 radical (unpaired) electrons. The third-order valence-corrected chi connectivity index (χ3v) is 2.10. The molecular formula is C12H11FN2O. The molecule has 1 aromatic heterocycles. The SMILES string of the molecule is Nc1ccc(OCc2ccncc2)c(F)c1. The molecule has 2 aromatic rings. The van der Waals surface area contributed by atoms with E-state index in [1.807, 2.05) is 12.1 Å². The fourth-order valence-electron chi connectivity index (χ4n) is 1.27. The summed E-state index contributed by atoms with van der Waals surface area (Å²) in [4.78, 5) is 3.88. The summed E-state index contributed by atoms with van der Waals surface area (Å²) in [6, 6.07) is 7.99. The fraction of sp³-hybridized carbons (Fsp3) is 0.0833. The highest BCUT2D eigenvalue weighted by atomic mass is 19.1.